The summed E-state index contributed by atoms with van der Waals surface area (Å²) >= 11 is 0. The lowest BCUT2D eigenvalue weighted by atomic mass is 10.2. The molecule has 0 aliphatic heterocycles. The van der Waals surface area contributed by atoms with E-state index >= 15 is 0 Å². The van der Waals surface area contributed by atoms with Gasteiger partial charge < -0.3 is 9.30 Å². The van der Waals surface area contributed by atoms with Crippen molar-refractivity contribution in [3.8, 4) is 0 Å². The summed E-state index contributed by atoms with van der Waals surface area (Å²) in [5.74, 6) is 0. The van der Waals surface area contributed by atoms with E-state index in [2.05, 4.69) is 4.74 Å². The Labute approximate surface area is 107 Å². The minimum Gasteiger partial charge on any atom is -0.370 e. The fourth-order valence-corrected chi connectivity index (χ4v) is 1.82. The van der Waals surface area contributed by atoms with Crippen LogP contribution < -0.4 is 0 Å². The SMILES string of the molecule is O=Cc1ccc2ccn(CCOCC(F)(F)F)c2c1. The molecular formula is C13H12F3NO2. The first-order valence-corrected chi connectivity index (χ1v) is 5.68. The van der Waals surface area contributed by atoms with Crippen LogP contribution in [0.3, 0.4) is 0 Å². The van der Waals surface area contributed by atoms with Crippen LogP contribution in [0.15, 0.2) is 30.5 Å². The number of halogens is 3. The van der Waals surface area contributed by atoms with Crippen molar-refractivity contribution >= 4 is 17.2 Å². The summed E-state index contributed by atoms with van der Waals surface area (Å²) in [5, 5.41) is 0.932. The number of hydrogen-bond acceptors (Lipinski definition) is 2. The molecule has 0 unspecified atom stereocenters. The molecule has 1 aromatic carbocycles. The van der Waals surface area contributed by atoms with E-state index in [1.807, 2.05) is 6.07 Å². The number of carbonyl (C=O) groups excluding carboxylic acids is 1. The zero-order valence-corrected chi connectivity index (χ0v) is 9.98. The highest BCUT2D eigenvalue weighted by Crippen LogP contribution is 2.18. The second-order valence-corrected chi connectivity index (χ2v) is 4.11. The van der Waals surface area contributed by atoms with E-state index in [0.717, 1.165) is 17.2 Å². The van der Waals surface area contributed by atoms with Crippen molar-refractivity contribution < 1.29 is 22.7 Å². The standard InChI is InChI=1S/C13H12F3NO2/c14-13(15,16)9-19-6-5-17-4-3-11-2-1-10(8-18)7-12(11)17/h1-4,7-8H,5-6,9H2. The first-order chi connectivity index (χ1) is 8.99. The molecule has 0 spiro atoms. The molecule has 0 aliphatic carbocycles. The molecule has 0 saturated heterocycles. The Morgan fingerprint density at radius 1 is 1.26 bits per heavy atom. The van der Waals surface area contributed by atoms with Crippen molar-refractivity contribution in [2.45, 2.75) is 12.7 Å². The smallest absolute Gasteiger partial charge is 0.370 e. The largest absolute Gasteiger partial charge is 0.411 e. The third-order valence-corrected chi connectivity index (χ3v) is 2.68. The number of nitrogens with zero attached hydrogens (tertiary/aromatic N) is 1. The lowest BCUT2D eigenvalue weighted by Crippen LogP contribution is -2.18. The van der Waals surface area contributed by atoms with E-state index in [4.69, 9.17) is 0 Å². The normalized spacial score (nSPS) is 11.9. The maximum Gasteiger partial charge on any atom is 0.411 e. The minimum absolute atomic E-state index is 0.0331. The summed E-state index contributed by atoms with van der Waals surface area (Å²) in [6.45, 7) is -0.970. The predicted octanol–water partition coefficient (Wildman–Crippen LogP) is 3.03. The third kappa shape index (κ3) is 3.57. The van der Waals surface area contributed by atoms with Crippen LogP contribution in [0.5, 0.6) is 0 Å². The molecule has 6 heteroatoms. The number of carbonyl (C=O) groups is 1. The van der Waals surface area contributed by atoms with Crippen molar-refractivity contribution in [3.63, 3.8) is 0 Å². The molecule has 1 heterocycles. The zero-order chi connectivity index (χ0) is 13.9. The Bertz CT molecular complexity index is 575. The average Bonchev–Trinajstić information content (AvgIpc) is 2.76. The van der Waals surface area contributed by atoms with Crippen LogP contribution in [0.1, 0.15) is 10.4 Å². The zero-order valence-electron chi connectivity index (χ0n) is 9.98. The monoisotopic (exact) mass is 271 g/mol. The molecule has 102 valence electrons. The average molecular weight is 271 g/mol. The van der Waals surface area contributed by atoms with Crippen molar-refractivity contribution in [2.24, 2.45) is 0 Å². The van der Waals surface area contributed by atoms with Gasteiger partial charge in [-0.1, -0.05) is 12.1 Å². The van der Waals surface area contributed by atoms with E-state index in [1.165, 1.54) is 0 Å². The second kappa shape index (κ2) is 5.44. The molecule has 3 nitrogen and oxygen atoms in total. The lowest BCUT2D eigenvalue weighted by Gasteiger charge is -2.09. The highest BCUT2D eigenvalue weighted by atomic mass is 19.4. The van der Waals surface area contributed by atoms with Crippen molar-refractivity contribution in [1.29, 1.82) is 0 Å². The molecule has 0 saturated carbocycles. The highest BCUT2D eigenvalue weighted by molar-refractivity contribution is 5.87. The molecule has 0 aliphatic rings. The second-order valence-electron chi connectivity index (χ2n) is 4.11. The van der Waals surface area contributed by atoms with Crippen molar-refractivity contribution in [1.82, 2.24) is 4.57 Å². The molecule has 0 fully saturated rings. The minimum atomic E-state index is -4.30. The van der Waals surface area contributed by atoms with E-state index < -0.39 is 12.8 Å². The Morgan fingerprint density at radius 3 is 2.74 bits per heavy atom. The van der Waals surface area contributed by atoms with Gasteiger partial charge >= 0.3 is 6.18 Å². The van der Waals surface area contributed by atoms with Crippen LogP contribution in [0, 0.1) is 0 Å². The number of benzene rings is 1. The Balaban J connectivity index is 2.02. The molecular weight excluding hydrogens is 259 g/mol. The predicted molar refractivity (Wildman–Crippen MR) is 64.2 cm³/mol. The molecule has 0 N–H and O–H groups in total. The summed E-state index contributed by atoms with van der Waals surface area (Å²) in [5.41, 5.74) is 1.34. The molecule has 19 heavy (non-hydrogen) atoms. The first-order valence-electron chi connectivity index (χ1n) is 5.68. The van der Waals surface area contributed by atoms with Crippen LogP contribution in [0.4, 0.5) is 13.2 Å². The lowest BCUT2D eigenvalue weighted by molar-refractivity contribution is -0.174. The molecule has 0 bridgehead atoms. The number of ether oxygens (including phenoxy) is 1. The summed E-state index contributed by atoms with van der Waals surface area (Å²) in [6.07, 6.45) is -1.81. The van der Waals surface area contributed by atoms with Gasteiger partial charge in [0.05, 0.1) is 6.61 Å². The van der Waals surface area contributed by atoms with Gasteiger partial charge in [0.2, 0.25) is 0 Å². The highest BCUT2D eigenvalue weighted by Gasteiger charge is 2.27. The number of fused-ring (bicyclic) bond motifs is 1. The number of aldehydes is 1. The summed E-state index contributed by atoms with van der Waals surface area (Å²) in [4.78, 5) is 10.7. The van der Waals surface area contributed by atoms with E-state index in [9.17, 15) is 18.0 Å². The van der Waals surface area contributed by atoms with Gasteiger partial charge in [-0.05, 0) is 17.5 Å². The quantitative estimate of drug-likeness (QED) is 0.618. The van der Waals surface area contributed by atoms with Gasteiger partial charge in [-0.15, -0.1) is 0 Å². The Kier molecular flexibility index (Phi) is 3.90. The topological polar surface area (TPSA) is 31.2 Å². The number of hydrogen-bond donors (Lipinski definition) is 0. The summed E-state index contributed by atoms with van der Waals surface area (Å²) in [6, 6.07) is 7.03. The fourth-order valence-electron chi connectivity index (χ4n) is 1.82. The van der Waals surface area contributed by atoms with Gasteiger partial charge in [-0.2, -0.15) is 13.2 Å². The van der Waals surface area contributed by atoms with Crippen LogP contribution in [0.25, 0.3) is 10.9 Å². The Hall–Kier alpha value is -1.82. The van der Waals surface area contributed by atoms with Crippen molar-refractivity contribution in [3.05, 3.63) is 36.0 Å². The molecule has 1 aromatic heterocycles. The van der Waals surface area contributed by atoms with Gasteiger partial charge in [0.1, 0.15) is 12.9 Å². The molecule has 0 amide bonds. The first kappa shape index (κ1) is 13.6. The molecule has 0 radical (unpaired) electrons. The fraction of sp³-hybridized carbons (Fsp3) is 0.308. The maximum atomic E-state index is 11.9. The van der Waals surface area contributed by atoms with Gasteiger partial charge in [0.15, 0.2) is 0 Å². The van der Waals surface area contributed by atoms with E-state index in [-0.39, 0.29) is 6.61 Å². The molecule has 2 rings (SSSR count). The maximum absolute atomic E-state index is 11.9. The molecule has 0 atom stereocenters. The van der Waals surface area contributed by atoms with Gasteiger partial charge in [-0.3, -0.25) is 4.79 Å². The van der Waals surface area contributed by atoms with Crippen LogP contribution >= 0.6 is 0 Å². The van der Waals surface area contributed by atoms with Crippen LogP contribution in [-0.4, -0.2) is 30.2 Å². The Morgan fingerprint density at radius 2 is 2.05 bits per heavy atom. The van der Waals surface area contributed by atoms with Gasteiger partial charge in [0.25, 0.3) is 0 Å². The number of aromatic nitrogens is 1. The van der Waals surface area contributed by atoms with Crippen LogP contribution in [0.2, 0.25) is 0 Å². The third-order valence-electron chi connectivity index (χ3n) is 2.68. The molecule has 2 aromatic rings. The van der Waals surface area contributed by atoms with E-state index in [0.29, 0.717) is 12.1 Å². The number of alkyl halides is 3. The van der Waals surface area contributed by atoms with Gasteiger partial charge in [-0.25, -0.2) is 0 Å². The van der Waals surface area contributed by atoms with Crippen molar-refractivity contribution in [2.75, 3.05) is 13.2 Å². The van der Waals surface area contributed by atoms with Crippen LogP contribution in [-0.2, 0) is 11.3 Å². The van der Waals surface area contributed by atoms with E-state index in [1.54, 1.807) is 29.0 Å². The summed E-state index contributed by atoms with van der Waals surface area (Å²) in [7, 11) is 0. The summed E-state index contributed by atoms with van der Waals surface area (Å²) < 4.78 is 42.0. The van der Waals surface area contributed by atoms with Gasteiger partial charge in [0, 0.05) is 23.8 Å². The number of rotatable bonds is 5.